The van der Waals surface area contributed by atoms with Crippen molar-refractivity contribution < 1.29 is 14.2 Å². The van der Waals surface area contributed by atoms with Gasteiger partial charge >= 0.3 is 0 Å². The molecule has 0 aliphatic carbocycles. The molecular formula is C16H25NO3. The zero-order chi connectivity index (χ0) is 14.4. The zero-order valence-corrected chi connectivity index (χ0v) is 12.6. The van der Waals surface area contributed by atoms with Crippen LogP contribution in [0.3, 0.4) is 0 Å². The second-order valence-corrected chi connectivity index (χ2v) is 5.15. The van der Waals surface area contributed by atoms with Crippen LogP contribution in [-0.4, -0.2) is 33.9 Å². The highest BCUT2D eigenvalue weighted by Crippen LogP contribution is 2.40. The van der Waals surface area contributed by atoms with Gasteiger partial charge in [0.15, 0.2) is 0 Å². The first-order valence-corrected chi connectivity index (χ1v) is 7.34. The number of methoxy groups -OCH3 is 2. The first-order valence-electron chi connectivity index (χ1n) is 7.34. The van der Waals surface area contributed by atoms with Crippen molar-refractivity contribution in [3.8, 4) is 11.5 Å². The van der Waals surface area contributed by atoms with Gasteiger partial charge in [-0.3, -0.25) is 0 Å². The summed E-state index contributed by atoms with van der Waals surface area (Å²) < 4.78 is 16.7. The summed E-state index contributed by atoms with van der Waals surface area (Å²) in [5, 5.41) is 3.49. The second kappa shape index (κ2) is 7.50. The molecule has 0 aromatic heterocycles. The largest absolute Gasteiger partial charge is 0.497 e. The summed E-state index contributed by atoms with van der Waals surface area (Å²) in [7, 11) is 3.38. The van der Waals surface area contributed by atoms with Crippen molar-refractivity contribution in [1.29, 1.82) is 0 Å². The first kappa shape index (κ1) is 15.1. The lowest BCUT2D eigenvalue weighted by molar-refractivity contribution is 0.0881. The number of benzene rings is 1. The van der Waals surface area contributed by atoms with Crippen LogP contribution in [0, 0.1) is 5.92 Å². The molecule has 1 heterocycles. The Morgan fingerprint density at radius 2 is 2.15 bits per heavy atom. The summed E-state index contributed by atoms with van der Waals surface area (Å²) in [4.78, 5) is 0. The van der Waals surface area contributed by atoms with Crippen LogP contribution in [0.5, 0.6) is 11.5 Å². The standard InChI is InChI=1S/C16H25NO3/c1-4-8-17-11-12-7-9-20-16(12)14-10-13(18-2)5-6-15(14)19-3/h5-6,10,12,16-17H,4,7-9,11H2,1-3H3. The lowest BCUT2D eigenvalue weighted by Crippen LogP contribution is -2.25. The van der Waals surface area contributed by atoms with Crippen LogP contribution in [0.2, 0.25) is 0 Å². The van der Waals surface area contributed by atoms with Crippen LogP contribution in [0.4, 0.5) is 0 Å². The molecule has 1 aliphatic rings. The Balaban J connectivity index is 2.15. The number of nitrogens with one attached hydrogen (secondary N) is 1. The molecular weight excluding hydrogens is 254 g/mol. The van der Waals surface area contributed by atoms with E-state index in [1.807, 2.05) is 18.2 Å². The normalized spacial score (nSPS) is 21.9. The van der Waals surface area contributed by atoms with Gasteiger partial charge < -0.3 is 19.5 Å². The molecule has 0 spiro atoms. The van der Waals surface area contributed by atoms with E-state index in [-0.39, 0.29) is 6.10 Å². The minimum atomic E-state index is 0.0874. The molecule has 1 aromatic carbocycles. The van der Waals surface area contributed by atoms with E-state index in [1.54, 1.807) is 14.2 Å². The van der Waals surface area contributed by atoms with E-state index in [2.05, 4.69) is 12.2 Å². The van der Waals surface area contributed by atoms with Crippen LogP contribution in [0.1, 0.15) is 31.4 Å². The summed E-state index contributed by atoms with van der Waals surface area (Å²) in [5.41, 5.74) is 1.09. The summed E-state index contributed by atoms with van der Waals surface area (Å²) in [5.74, 6) is 2.21. The van der Waals surface area contributed by atoms with Crippen molar-refractivity contribution in [1.82, 2.24) is 5.32 Å². The van der Waals surface area contributed by atoms with Crippen molar-refractivity contribution in [3.63, 3.8) is 0 Å². The Bertz CT molecular complexity index is 422. The van der Waals surface area contributed by atoms with Gasteiger partial charge in [0, 0.05) is 24.6 Å². The quantitative estimate of drug-likeness (QED) is 0.779. The van der Waals surface area contributed by atoms with Gasteiger partial charge in [0.25, 0.3) is 0 Å². The van der Waals surface area contributed by atoms with E-state index >= 15 is 0 Å². The number of rotatable bonds is 7. The van der Waals surface area contributed by atoms with Gasteiger partial charge in [-0.25, -0.2) is 0 Å². The predicted molar refractivity (Wildman–Crippen MR) is 79.5 cm³/mol. The summed E-state index contributed by atoms with van der Waals surface area (Å²) in [6, 6.07) is 5.90. The third kappa shape index (κ3) is 3.44. The highest BCUT2D eigenvalue weighted by Gasteiger charge is 2.31. The summed E-state index contributed by atoms with van der Waals surface area (Å²) >= 11 is 0. The van der Waals surface area contributed by atoms with E-state index < -0.39 is 0 Å². The molecule has 0 radical (unpaired) electrons. The molecule has 1 N–H and O–H groups in total. The summed E-state index contributed by atoms with van der Waals surface area (Å²) in [6.45, 7) is 5.03. The molecule has 2 atom stereocenters. The number of ether oxygens (including phenoxy) is 3. The Hall–Kier alpha value is -1.26. The van der Waals surface area contributed by atoms with E-state index in [9.17, 15) is 0 Å². The minimum Gasteiger partial charge on any atom is -0.497 e. The lowest BCUT2D eigenvalue weighted by atomic mass is 9.94. The fraction of sp³-hybridized carbons (Fsp3) is 0.625. The second-order valence-electron chi connectivity index (χ2n) is 5.15. The highest BCUT2D eigenvalue weighted by atomic mass is 16.5. The molecule has 2 unspecified atom stereocenters. The van der Waals surface area contributed by atoms with Gasteiger partial charge in [0.2, 0.25) is 0 Å². The third-order valence-electron chi connectivity index (χ3n) is 3.79. The van der Waals surface area contributed by atoms with Crippen molar-refractivity contribution in [2.75, 3.05) is 33.9 Å². The van der Waals surface area contributed by atoms with Gasteiger partial charge in [0.05, 0.1) is 20.3 Å². The monoisotopic (exact) mass is 279 g/mol. The van der Waals surface area contributed by atoms with Gasteiger partial charge in [-0.1, -0.05) is 6.92 Å². The van der Waals surface area contributed by atoms with Crippen LogP contribution >= 0.6 is 0 Å². The van der Waals surface area contributed by atoms with Crippen LogP contribution < -0.4 is 14.8 Å². The van der Waals surface area contributed by atoms with Crippen molar-refractivity contribution in [3.05, 3.63) is 23.8 Å². The molecule has 2 rings (SSSR count). The third-order valence-corrected chi connectivity index (χ3v) is 3.79. The molecule has 0 saturated carbocycles. The van der Waals surface area contributed by atoms with Gasteiger partial charge in [0.1, 0.15) is 11.5 Å². The van der Waals surface area contributed by atoms with Gasteiger partial charge in [-0.2, -0.15) is 0 Å². The van der Waals surface area contributed by atoms with Gasteiger partial charge in [-0.15, -0.1) is 0 Å². The molecule has 1 saturated heterocycles. The maximum atomic E-state index is 5.95. The molecule has 0 amide bonds. The number of hydrogen-bond donors (Lipinski definition) is 1. The molecule has 4 nitrogen and oxygen atoms in total. The molecule has 112 valence electrons. The Morgan fingerprint density at radius 3 is 2.85 bits per heavy atom. The average molecular weight is 279 g/mol. The SMILES string of the molecule is CCCNCC1CCOC1c1cc(OC)ccc1OC. The highest BCUT2D eigenvalue weighted by molar-refractivity contribution is 5.42. The predicted octanol–water partition coefficient (Wildman–Crippen LogP) is 2.78. The van der Waals surface area contributed by atoms with Crippen LogP contribution in [0.25, 0.3) is 0 Å². The zero-order valence-electron chi connectivity index (χ0n) is 12.6. The van der Waals surface area contributed by atoms with Crippen molar-refractivity contribution >= 4 is 0 Å². The van der Waals surface area contributed by atoms with Gasteiger partial charge in [-0.05, 0) is 37.6 Å². The van der Waals surface area contributed by atoms with E-state index in [1.165, 1.54) is 0 Å². The molecule has 0 bridgehead atoms. The van der Waals surface area contributed by atoms with E-state index in [4.69, 9.17) is 14.2 Å². The van der Waals surface area contributed by atoms with E-state index in [0.717, 1.165) is 49.6 Å². The van der Waals surface area contributed by atoms with E-state index in [0.29, 0.717) is 5.92 Å². The molecule has 4 heteroatoms. The minimum absolute atomic E-state index is 0.0874. The van der Waals surface area contributed by atoms with Crippen LogP contribution in [-0.2, 0) is 4.74 Å². The molecule has 1 aliphatic heterocycles. The lowest BCUT2D eigenvalue weighted by Gasteiger charge is -2.22. The first-order chi connectivity index (χ1) is 9.80. The topological polar surface area (TPSA) is 39.7 Å². The number of hydrogen-bond acceptors (Lipinski definition) is 4. The Kier molecular flexibility index (Phi) is 5.68. The van der Waals surface area contributed by atoms with Crippen LogP contribution in [0.15, 0.2) is 18.2 Å². The Labute approximate surface area is 121 Å². The van der Waals surface area contributed by atoms with Crippen molar-refractivity contribution in [2.45, 2.75) is 25.9 Å². The Morgan fingerprint density at radius 1 is 1.30 bits per heavy atom. The maximum absolute atomic E-state index is 5.95. The smallest absolute Gasteiger partial charge is 0.124 e. The summed E-state index contributed by atoms with van der Waals surface area (Å²) in [6.07, 6.45) is 2.33. The molecule has 1 aromatic rings. The molecule has 20 heavy (non-hydrogen) atoms. The fourth-order valence-electron chi connectivity index (χ4n) is 2.71. The maximum Gasteiger partial charge on any atom is 0.124 e. The molecule has 1 fully saturated rings. The van der Waals surface area contributed by atoms with Crippen molar-refractivity contribution in [2.24, 2.45) is 5.92 Å². The average Bonchev–Trinajstić information content (AvgIpc) is 2.95. The fourth-order valence-corrected chi connectivity index (χ4v) is 2.71.